The Balaban J connectivity index is 1.61. The fourth-order valence-corrected chi connectivity index (χ4v) is 3.42. The van der Waals surface area contributed by atoms with Crippen molar-refractivity contribution in [3.8, 4) is 0 Å². The molecule has 1 fully saturated rings. The maximum Gasteiger partial charge on any atom is 0.234 e. The molecule has 1 aliphatic heterocycles. The number of nitrogens with zero attached hydrogens (tertiary/aromatic N) is 1. The van der Waals surface area contributed by atoms with Crippen LogP contribution >= 0.6 is 11.3 Å². The van der Waals surface area contributed by atoms with Gasteiger partial charge >= 0.3 is 0 Å². The molecule has 0 spiro atoms. The zero-order valence-corrected chi connectivity index (χ0v) is 14.0. The first-order chi connectivity index (χ1) is 10.7. The predicted molar refractivity (Wildman–Crippen MR) is 88.0 cm³/mol. The van der Waals surface area contributed by atoms with Crippen LogP contribution in [0, 0.1) is 6.92 Å². The van der Waals surface area contributed by atoms with Crippen molar-refractivity contribution in [1.29, 1.82) is 0 Å². The number of ether oxygens (including phenoxy) is 1. The first-order valence-corrected chi connectivity index (χ1v) is 8.81. The van der Waals surface area contributed by atoms with Crippen LogP contribution in [0.15, 0.2) is 11.4 Å². The van der Waals surface area contributed by atoms with Gasteiger partial charge in [0.1, 0.15) is 0 Å². The monoisotopic (exact) mass is 326 g/mol. The molecule has 1 aromatic heterocycles. The molecule has 2 N–H and O–H groups in total. The first-order valence-electron chi connectivity index (χ1n) is 7.93. The fraction of sp³-hybridized carbons (Fsp3) is 0.688. The molecule has 0 unspecified atom stereocenters. The van der Waals surface area contributed by atoms with Gasteiger partial charge in [0.2, 0.25) is 5.91 Å². The SMILES string of the molecule is Cc1ccsc1CNC(=O)CN1CCC(OCCCO)CC1. The maximum absolute atomic E-state index is 12.0. The third-order valence-corrected chi connectivity index (χ3v) is 5.00. The van der Waals surface area contributed by atoms with E-state index in [4.69, 9.17) is 9.84 Å². The van der Waals surface area contributed by atoms with E-state index in [1.54, 1.807) is 11.3 Å². The van der Waals surface area contributed by atoms with E-state index in [0.29, 0.717) is 26.1 Å². The Morgan fingerprint density at radius 2 is 2.27 bits per heavy atom. The molecular weight excluding hydrogens is 300 g/mol. The van der Waals surface area contributed by atoms with Gasteiger partial charge in [-0.3, -0.25) is 9.69 Å². The van der Waals surface area contributed by atoms with E-state index >= 15 is 0 Å². The number of carbonyl (C=O) groups excluding carboxylic acids is 1. The molecule has 22 heavy (non-hydrogen) atoms. The van der Waals surface area contributed by atoms with Crippen LogP contribution < -0.4 is 5.32 Å². The number of hydrogen-bond donors (Lipinski definition) is 2. The number of aliphatic hydroxyl groups excluding tert-OH is 1. The Morgan fingerprint density at radius 3 is 2.91 bits per heavy atom. The van der Waals surface area contributed by atoms with Crippen molar-refractivity contribution in [3.63, 3.8) is 0 Å². The number of aliphatic hydroxyl groups is 1. The van der Waals surface area contributed by atoms with Crippen molar-refractivity contribution in [2.75, 3.05) is 32.8 Å². The van der Waals surface area contributed by atoms with Gasteiger partial charge in [0.05, 0.1) is 19.2 Å². The second kappa shape index (κ2) is 9.25. The number of thiophene rings is 1. The minimum atomic E-state index is 0.0902. The molecule has 0 aliphatic carbocycles. The molecule has 0 radical (unpaired) electrons. The van der Waals surface area contributed by atoms with E-state index in [2.05, 4.69) is 28.6 Å². The average molecular weight is 326 g/mol. The Bertz CT molecular complexity index is 456. The van der Waals surface area contributed by atoms with Crippen LogP contribution in [-0.4, -0.2) is 54.9 Å². The Hall–Kier alpha value is -0.950. The van der Waals surface area contributed by atoms with Crippen molar-refractivity contribution >= 4 is 17.2 Å². The number of hydrogen-bond acceptors (Lipinski definition) is 5. The van der Waals surface area contributed by atoms with Gasteiger partial charge in [0.25, 0.3) is 0 Å². The molecule has 0 atom stereocenters. The van der Waals surface area contributed by atoms with Gasteiger partial charge in [-0.05, 0) is 43.2 Å². The highest BCUT2D eigenvalue weighted by atomic mass is 32.1. The van der Waals surface area contributed by atoms with Crippen LogP contribution in [0.25, 0.3) is 0 Å². The second-order valence-electron chi connectivity index (χ2n) is 5.73. The molecule has 0 aromatic carbocycles. The van der Waals surface area contributed by atoms with Crippen molar-refractivity contribution in [3.05, 3.63) is 21.9 Å². The molecule has 0 bridgehead atoms. The van der Waals surface area contributed by atoms with E-state index in [-0.39, 0.29) is 18.6 Å². The Morgan fingerprint density at radius 1 is 1.50 bits per heavy atom. The molecule has 2 heterocycles. The van der Waals surface area contributed by atoms with Gasteiger partial charge in [-0.2, -0.15) is 0 Å². The van der Waals surface area contributed by atoms with Crippen LogP contribution in [0.1, 0.15) is 29.7 Å². The van der Waals surface area contributed by atoms with Crippen LogP contribution in [-0.2, 0) is 16.1 Å². The lowest BCUT2D eigenvalue weighted by Gasteiger charge is -2.31. The molecule has 1 saturated heterocycles. The molecule has 1 amide bonds. The summed E-state index contributed by atoms with van der Waals surface area (Å²) in [6.45, 7) is 5.77. The summed E-state index contributed by atoms with van der Waals surface area (Å²) in [5.74, 6) is 0.0902. The van der Waals surface area contributed by atoms with Crippen LogP contribution in [0.2, 0.25) is 0 Å². The van der Waals surface area contributed by atoms with Crippen LogP contribution in [0.5, 0.6) is 0 Å². The number of aryl methyl sites for hydroxylation is 1. The first kappa shape index (κ1) is 17.4. The molecule has 124 valence electrons. The third kappa shape index (κ3) is 5.68. The summed E-state index contributed by atoms with van der Waals surface area (Å²) in [6, 6.07) is 2.08. The maximum atomic E-state index is 12.0. The summed E-state index contributed by atoms with van der Waals surface area (Å²) >= 11 is 1.68. The number of amides is 1. The quantitative estimate of drug-likeness (QED) is 0.711. The number of rotatable bonds is 8. The molecule has 5 nitrogen and oxygen atoms in total. The smallest absolute Gasteiger partial charge is 0.234 e. The van der Waals surface area contributed by atoms with Gasteiger partial charge in [-0.25, -0.2) is 0 Å². The molecule has 6 heteroatoms. The van der Waals surface area contributed by atoms with Crippen LogP contribution in [0.4, 0.5) is 0 Å². The minimum absolute atomic E-state index is 0.0902. The highest BCUT2D eigenvalue weighted by Crippen LogP contribution is 2.15. The molecule has 0 saturated carbocycles. The Labute approximate surface area is 136 Å². The van der Waals surface area contributed by atoms with E-state index in [1.165, 1.54) is 10.4 Å². The van der Waals surface area contributed by atoms with Crippen molar-refractivity contribution in [1.82, 2.24) is 10.2 Å². The minimum Gasteiger partial charge on any atom is -0.396 e. The highest BCUT2D eigenvalue weighted by molar-refractivity contribution is 7.10. The lowest BCUT2D eigenvalue weighted by Crippen LogP contribution is -2.43. The topological polar surface area (TPSA) is 61.8 Å². The van der Waals surface area contributed by atoms with E-state index in [9.17, 15) is 4.79 Å². The molecule has 1 aliphatic rings. The molecule has 2 rings (SSSR count). The van der Waals surface area contributed by atoms with Crippen LogP contribution in [0.3, 0.4) is 0 Å². The highest BCUT2D eigenvalue weighted by Gasteiger charge is 2.21. The van der Waals surface area contributed by atoms with Gasteiger partial charge in [0.15, 0.2) is 0 Å². The summed E-state index contributed by atoms with van der Waals surface area (Å²) in [5.41, 5.74) is 1.24. The number of piperidine rings is 1. The lowest BCUT2D eigenvalue weighted by atomic mass is 10.1. The van der Waals surface area contributed by atoms with Crippen molar-refractivity contribution < 1.29 is 14.6 Å². The number of nitrogens with one attached hydrogen (secondary N) is 1. The Kier molecular flexibility index (Phi) is 7.32. The zero-order valence-electron chi connectivity index (χ0n) is 13.2. The van der Waals surface area contributed by atoms with Gasteiger partial charge in [0, 0.05) is 31.2 Å². The summed E-state index contributed by atoms with van der Waals surface area (Å²) in [7, 11) is 0. The average Bonchev–Trinajstić information content (AvgIpc) is 2.92. The summed E-state index contributed by atoms with van der Waals surface area (Å²) in [5, 5.41) is 13.8. The third-order valence-electron chi connectivity index (χ3n) is 3.97. The normalized spacial score (nSPS) is 16.8. The molecule has 1 aromatic rings. The molecular formula is C16H26N2O3S. The van der Waals surface area contributed by atoms with Gasteiger partial charge in [-0.1, -0.05) is 0 Å². The zero-order chi connectivity index (χ0) is 15.8. The standard InChI is InChI=1S/C16H26N2O3S/c1-13-5-10-22-15(13)11-17-16(20)12-18-6-3-14(4-7-18)21-9-2-8-19/h5,10,14,19H,2-4,6-9,11-12H2,1H3,(H,17,20). The summed E-state index contributed by atoms with van der Waals surface area (Å²) in [6.07, 6.45) is 2.90. The van der Waals surface area contributed by atoms with E-state index in [1.807, 2.05) is 0 Å². The number of carbonyl (C=O) groups is 1. The number of likely N-dealkylation sites (tertiary alicyclic amines) is 1. The van der Waals surface area contributed by atoms with Gasteiger partial charge in [-0.15, -0.1) is 11.3 Å². The summed E-state index contributed by atoms with van der Waals surface area (Å²) in [4.78, 5) is 15.4. The lowest BCUT2D eigenvalue weighted by molar-refractivity contribution is -0.123. The largest absolute Gasteiger partial charge is 0.396 e. The second-order valence-corrected chi connectivity index (χ2v) is 6.73. The predicted octanol–water partition coefficient (Wildman–Crippen LogP) is 1.54. The van der Waals surface area contributed by atoms with E-state index in [0.717, 1.165) is 25.9 Å². The van der Waals surface area contributed by atoms with Gasteiger partial charge < -0.3 is 15.2 Å². The van der Waals surface area contributed by atoms with E-state index < -0.39 is 0 Å². The van der Waals surface area contributed by atoms with Crippen molar-refractivity contribution in [2.45, 2.75) is 38.8 Å². The van der Waals surface area contributed by atoms with Crippen molar-refractivity contribution in [2.24, 2.45) is 0 Å². The fourth-order valence-electron chi connectivity index (χ4n) is 2.57. The summed E-state index contributed by atoms with van der Waals surface area (Å²) < 4.78 is 5.70.